The van der Waals surface area contributed by atoms with Gasteiger partial charge >= 0.3 is 6.03 Å². The lowest BCUT2D eigenvalue weighted by Gasteiger charge is -2.26. The molecule has 1 atom stereocenters. The maximum absolute atomic E-state index is 12.2. The topological polar surface area (TPSA) is 95.7 Å². The molecule has 4 amide bonds. The predicted molar refractivity (Wildman–Crippen MR) is 67.2 cm³/mol. The number of carbonyl (C=O) groups excluding carboxylic acids is 3. The number of nitrogen functional groups attached to an aromatic ring is 1. The molecule has 7 heteroatoms. The summed E-state index contributed by atoms with van der Waals surface area (Å²) in [5.41, 5.74) is 6.59. The van der Waals surface area contributed by atoms with Crippen LogP contribution in [0.15, 0.2) is 24.3 Å². The average Bonchev–Trinajstić information content (AvgIpc) is 2.63. The molecule has 3 rings (SSSR count). The van der Waals surface area contributed by atoms with Gasteiger partial charge in [-0.25, -0.2) is 9.69 Å². The summed E-state index contributed by atoms with van der Waals surface area (Å²) >= 11 is 0. The second-order valence-electron chi connectivity index (χ2n) is 4.50. The van der Waals surface area contributed by atoms with Crippen molar-refractivity contribution < 1.29 is 14.4 Å². The lowest BCUT2D eigenvalue weighted by atomic mass is 10.2. The van der Waals surface area contributed by atoms with Gasteiger partial charge in [0.15, 0.2) is 0 Å². The van der Waals surface area contributed by atoms with E-state index in [4.69, 9.17) is 5.73 Å². The van der Waals surface area contributed by atoms with E-state index >= 15 is 0 Å². The maximum Gasteiger partial charge on any atom is 0.332 e. The van der Waals surface area contributed by atoms with E-state index in [9.17, 15) is 14.4 Å². The molecule has 0 aromatic heterocycles. The molecule has 2 heterocycles. The molecule has 0 spiro atoms. The predicted octanol–water partition coefficient (Wildman–Crippen LogP) is -0.464. The molecular formula is C12H12N4O3. The number of anilines is 2. The van der Waals surface area contributed by atoms with Crippen molar-refractivity contribution in [3.63, 3.8) is 0 Å². The second-order valence-corrected chi connectivity index (χ2v) is 4.50. The van der Waals surface area contributed by atoms with E-state index in [1.807, 2.05) is 0 Å². The number of carbonyl (C=O) groups is 3. The Morgan fingerprint density at radius 2 is 1.84 bits per heavy atom. The summed E-state index contributed by atoms with van der Waals surface area (Å²) in [7, 11) is 0. The minimum atomic E-state index is -0.609. The Bertz CT molecular complexity index is 569. The number of urea groups is 1. The summed E-state index contributed by atoms with van der Waals surface area (Å²) in [6.45, 7) is 0.0790. The van der Waals surface area contributed by atoms with Crippen LogP contribution in [0.3, 0.4) is 0 Å². The third-order valence-corrected chi connectivity index (χ3v) is 3.28. The number of rotatable bonds is 1. The van der Waals surface area contributed by atoms with Crippen molar-refractivity contribution in [3.8, 4) is 0 Å². The Morgan fingerprint density at radius 1 is 1.16 bits per heavy atom. The number of imide groups is 1. The molecule has 19 heavy (non-hydrogen) atoms. The van der Waals surface area contributed by atoms with Crippen LogP contribution >= 0.6 is 0 Å². The lowest BCUT2D eigenvalue weighted by molar-refractivity contribution is -0.126. The van der Waals surface area contributed by atoms with Gasteiger partial charge in [0.2, 0.25) is 5.91 Å². The van der Waals surface area contributed by atoms with Crippen LogP contribution in [0.5, 0.6) is 0 Å². The van der Waals surface area contributed by atoms with Gasteiger partial charge in [0.1, 0.15) is 12.6 Å². The molecule has 0 saturated carbocycles. The largest absolute Gasteiger partial charge is 0.399 e. The van der Waals surface area contributed by atoms with Gasteiger partial charge in [-0.1, -0.05) is 0 Å². The van der Waals surface area contributed by atoms with Gasteiger partial charge in [0, 0.05) is 12.2 Å². The molecule has 2 saturated heterocycles. The zero-order valence-electron chi connectivity index (χ0n) is 10.00. The van der Waals surface area contributed by atoms with Crippen LogP contribution in [0, 0.1) is 0 Å². The molecule has 2 fully saturated rings. The molecule has 1 unspecified atom stereocenters. The van der Waals surface area contributed by atoms with Gasteiger partial charge in [-0.15, -0.1) is 0 Å². The van der Waals surface area contributed by atoms with Crippen LogP contribution in [-0.2, 0) is 9.59 Å². The van der Waals surface area contributed by atoms with Gasteiger partial charge < -0.3 is 16.0 Å². The van der Waals surface area contributed by atoms with Crippen molar-refractivity contribution in [2.45, 2.75) is 6.04 Å². The monoisotopic (exact) mass is 260 g/mol. The number of hydrogen-bond acceptors (Lipinski definition) is 4. The fraction of sp³-hybridized carbons (Fsp3) is 0.250. The highest BCUT2D eigenvalue weighted by atomic mass is 16.2. The van der Waals surface area contributed by atoms with E-state index in [-0.39, 0.29) is 24.9 Å². The molecule has 1 aromatic rings. The molecule has 0 radical (unpaired) electrons. The Labute approximate surface area is 109 Å². The van der Waals surface area contributed by atoms with Gasteiger partial charge in [0.05, 0.1) is 5.69 Å². The summed E-state index contributed by atoms with van der Waals surface area (Å²) < 4.78 is 0. The molecule has 98 valence electrons. The van der Waals surface area contributed by atoms with Crippen LogP contribution in [0.4, 0.5) is 16.2 Å². The van der Waals surface area contributed by atoms with Crippen LogP contribution in [0.25, 0.3) is 0 Å². The maximum atomic E-state index is 12.2. The Hall–Kier alpha value is -2.57. The number of nitrogens with zero attached hydrogens (tertiary/aromatic N) is 2. The molecule has 0 aliphatic carbocycles. The van der Waals surface area contributed by atoms with Crippen LogP contribution < -0.4 is 16.0 Å². The normalized spacial score (nSPS) is 22.5. The van der Waals surface area contributed by atoms with Crippen molar-refractivity contribution in [2.24, 2.45) is 0 Å². The smallest absolute Gasteiger partial charge is 0.332 e. The number of nitrogens with two attached hydrogens (primary N) is 1. The van der Waals surface area contributed by atoms with E-state index in [1.165, 1.54) is 4.90 Å². The SMILES string of the molecule is Nc1ccc(N2C(=O)C3CNC(=O)CN3C2=O)cc1. The average molecular weight is 260 g/mol. The van der Waals surface area contributed by atoms with E-state index in [2.05, 4.69) is 5.32 Å². The Balaban J connectivity index is 1.95. The van der Waals surface area contributed by atoms with E-state index in [1.54, 1.807) is 24.3 Å². The number of benzene rings is 1. The third kappa shape index (κ3) is 1.70. The van der Waals surface area contributed by atoms with Crippen molar-refractivity contribution in [1.82, 2.24) is 10.2 Å². The molecule has 3 N–H and O–H groups in total. The first-order valence-electron chi connectivity index (χ1n) is 5.85. The van der Waals surface area contributed by atoms with Gasteiger partial charge in [-0.05, 0) is 24.3 Å². The minimum Gasteiger partial charge on any atom is -0.399 e. The first-order valence-corrected chi connectivity index (χ1v) is 5.85. The zero-order valence-corrected chi connectivity index (χ0v) is 10.00. The second kappa shape index (κ2) is 3.98. The molecule has 7 nitrogen and oxygen atoms in total. The highest BCUT2D eigenvalue weighted by molar-refractivity contribution is 6.22. The van der Waals surface area contributed by atoms with Crippen LogP contribution in [-0.4, -0.2) is 41.9 Å². The fourth-order valence-corrected chi connectivity index (χ4v) is 2.30. The molecule has 0 bridgehead atoms. The van der Waals surface area contributed by atoms with Crippen molar-refractivity contribution >= 4 is 29.2 Å². The summed E-state index contributed by atoms with van der Waals surface area (Å²) in [5, 5.41) is 2.59. The number of amides is 4. The number of hydrogen-bond donors (Lipinski definition) is 2. The molecular weight excluding hydrogens is 248 g/mol. The summed E-state index contributed by atoms with van der Waals surface area (Å²) in [6, 6.07) is 5.39. The zero-order chi connectivity index (χ0) is 13.6. The molecule has 1 aromatic carbocycles. The number of nitrogens with one attached hydrogen (secondary N) is 1. The van der Waals surface area contributed by atoms with Crippen LogP contribution in [0.2, 0.25) is 0 Å². The summed E-state index contributed by atoms with van der Waals surface area (Å²) in [6.07, 6.45) is 0. The van der Waals surface area contributed by atoms with Gasteiger partial charge in [0.25, 0.3) is 5.91 Å². The summed E-state index contributed by atoms with van der Waals surface area (Å²) in [5.74, 6) is -0.577. The molecule has 2 aliphatic heterocycles. The van der Waals surface area contributed by atoms with Crippen molar-refractivity contribution in [1.29, 1.82) is 0 Å². The van der Waals surface area contributed by atoms with E-state index in [0.29, 0.717) is 11.4 Å². The van der Waals surface area contributed by atoms with Gasteiger partial charge in [-0.3, -0.25) is 9.59 Å². The highest BCUT2D eigenvalue weighted by Crippen LogP contribution is 2.26. The third-order valence-electron chi connectivity index (χ3n) is 3.28. The van der Waals surface area contributed by atoms with Gasteiger partial charge in [-0.2, -0.15) is 0 Å². The standard InChI is InChI=1S/C12H12N4O3/c13-7-1-3-8(4-2-7)16-11(18)9-5-14-10(17)6-15(9)12(16)19/h1-4,9H,5-6,13H2,(H,14,17). The highest BCUT2D eigenvalue weighted by Gasteiger charge is 2.48. The first kappa shape index (κ1) is 11.5. The summed E-state index contributed by atoms with van der Waals surface area (Å²) in [4.78, 5) is 38.1. The minimum absolute atomic E-state index is 0.0826. The Morgan fingerprint density at radius 3 is 2.53 bits per heavy atom. The Kier molecular flexibility index (Phi) is 2.41. The quantitative estimate of drug-likeness (QED) is 0.527. The van der Waals surface area contributed by atoms with E-state index < -0.39 is 12.1 Å². The van der Waals surface area contributed by atoms with Crippen molar-refractivity contribution in [3.05, 3.63) is 24.3 Å². The number of piperazine rings is 1. The first-order chi connectivity index (χ1) is 9.08. The van der Waals surface area contributed by atoms with Crippen molar-refractivity contribution in [2.75, 3.05) is 23.7 Å². The lowest BCUT2D eigenvalue weighted by Crippen LogP contribution is -2.54. The van der Waals surface area contributed by atoms with E-state index in [0.717, 1.165) is 4.90 Å². The number of fused-ring (bicyclic) bond motifs is 1. The van der Waals surface area contributed by atoms with Crippen LogP contribution in [0.1, 0.15) is 0 Å². The fourth-order valence-electron chi connectivity index (χ4n) is 2.30. The molecule has 2 aliphatic rings.